The minimum Gasteiger partial charge on any atom is -0.369 e. The Labute approximate surface area is 125 Å². The molecule has 4 aliphatic rings. The van der Waals surface area contributed by atoms with Crippen molar-refractivity contribution in [2.24, 2.45) is 35.5 Å². The molecule has 3 nitrogen and oxygen atoms in total. The second-order valence-corrected chi connectivity index (χ2v) is 7.15. The lowest BCUT2D eigenvalue weighted by molar-refractivity contribution is -0.136. The van der Waals surface area contributed by atoms with Crippen LogP contribution in [0, 0.1) is 35.5 Å². The SMILES string of the molecule is C=CCC(=O)C1C2CC(C1C(=O)CC=C)C1C2CC2OC21. The van der Waals surface area contributed by atoms with Crippen molar-refractivity contribution >= 4 is 11.6 Å². The van der Waals surface area contributed by atoms with Crippen LogP contribution in [0.15, 0.2) is 25.3 Å². The summed E-state index contributed by atoms with van der Waals surface area (Å²) < 4.78 is 5.72. The molecule has 4 rings (SSSR count). The first-order valence-electron chi connectivity index (χ1n) is 8.10. The second-order valence-electron chi connectivity index (χ2n) is 7.15. The van der Waals surface area contributed by atoms with Gasteiger partial charge in [0.05, 0.1) is 12.2 Å². The Hall–Kier alpha value is -1.22. The molecule has 1 heterocycles. The van der Waals surface area contributed by atoms with E-state index in [0.717, 1.165) is 12.8 Å². The molecule has 8 unspecified atom stereocenters. The highest BCUT2D eigenvalue weighted by molar-refractivity contribution is 5.92. The van der Waals surface area contributed by atoms with Crippen LogP contribution in [0.25, 0.3) is 0 Å². The summed E-state index contributed by atoms with van der Waals surface area (Å²) in [5, 5.41) is 0. The van der Waals surface area contributed by atoms with E-state index in [-0.39, 0.29) is 23.4 Å². The van der Waals surface area contributed by atoms with Crippen LogP contribution in [0.1, 0.15) is 25.7 Å². The van der Waals surface area contributed by atoms with Gasteiger partial charge in [0, 0.05) is 24.7 Å². The Morgan fingerprint density at radius 2 is 1.57 bits per heavy atom. The smallest absolute Gasteiger partial charge is 0.140 e. The Kier molecular flexibility index (Phi) is 2.97. The molecule has 0 aromatic carbocycles. The highest BCUT2D eigenvalue weighted by Gasteiger charge is 2.70. The van der Waals surface area contributed by atoms with Gasteiger partial charge in [0.2, 0.25) is 0 Å². The van der Waals surface area contributed by atoms with Gasteiger partial charge in [0.25, 0.3) is 0 Å². The van der Waals surface area contributed by atoms with E-state index < -0.39 is 0 Å². The number of fused-ring (bicyclic) bond motifs is 7. The van der Waals surface area contributed by atoms with Crippen molar-refractivity contribution in [1.29, 1.82) is 0 Å². The molecule has 0 aromatic heterocycles. The largest absolute Gasteiger partial charge is 0.369 e. The molecule has 8 atom stereocenters. The highest BCUT2D eigenvalue weighted by Crippen LogP contribution is 2.68. The lowest BCUT2D eigenvalue weighted by Gasteiger charge is -2.37. The fourth-order valence-corrected chi connectivity index (χ4v) is 5.79. The molecule has 3 heteroatoms. The molecule has 3 saturated carbocycles. The van der Waals surface area contributed by atoms with Crippen LogP contribution in [0.3, 0.4) is 0 Å². The number of carbonyl (C=O) groups excluding carboxylic acids is 2. The quantitative estimate of drug-likeness (QED) is 0.557. The maximum Gasteiger partial charge on any atom is 0.140 e. The van der Waals surface area contributed by atoms with Crippen molar-refractivity contribution < 1.29 is 14.3 Å². The Morgan fingerprint density at radius 3 is 2.19 bits per heavy atom. The van der Waals surface area contributed by atoms with E-state index in [4.69, 9.17) is 4.74 Å². The standard InChI is InChI=1S/C18H22O3/c1-3-5-12(19)16-9-7-11(17(16)13(20)6-4-2)15-10(9)8-14-18(15)21-14/h3-4,9-11,14-18H,1-2,5-8H2. The molecule has 0 amide bonds. The van der Waals surface area contributed by atoms with Gasteiger partial charge < -0.3 is 4.74 Å². The summed E-state index contributed by atoms with van der Waals surface area (Å²) in [6.45, 7) is 7.37. The van der Waals surface area contributed by atoms with E-state index >= 15 is 0 Å². The molecule has 0 aromatic rings. The van der Waals surface area contributed by atoms with Crippen molar-refractivity contribution in [3.63, 3.8) is 0 Å². The first-order chi connectivity index (χ1) is 10.2. The number of epoxide rings is 1. The van der Waals surface area contributed by atoms with Gasteiger partial charge in [-0.1, -0.05) is 12.2 Å². The third-order valence-corrected chi connectivity index (χ3v) is 6.33. The predicted molar refractivity (Wildman–Crippen MR) is 78.5 cm³/mol. The molecule has 2 bridgehead atoms. The Balaban J connectivity index is 1.65. The molecular weight excluding hydrogens is 264 g/mol. The molecule has 3 aliphatic carbocycles. The topological polar surface area (TPSA) is 46.7 Å². The predicted octanol–water partition coefficient (Wildman–Crippen LogP) is 2.56. The number of rotatable bonds is 6. The minimum absolute atomic E-state index is 0.0702. The summed E-state index contributed by atoms with van der Waals surface area (Å²) in [5.41, 5.74) is 0. The van der Waals surface area contributed by atoms with E-state index in [2.05, 4.69) is 13.2 Å². The van der Waals surface area contributed by atoms with Gasteiger partial charge >= 0.3 is 0 Å². The normalized spacial score (nSPS) is 48.6. The summed E-state index contributed by atoms with van der Waals surface area (Å²) >= 11 is 0. The molecular formula is C18H22O3. The number of hydrogen-bond acceptors (Lipinski definition) is 3. The molecule has 0 N–H and O–H groups in total. The first kappa shape index (κ1) is 13.4. The monoisotopic (exact) mass is 286 g/mol. The Bertz CT molecular complexity index is 523. The van der Waals surface area contributed by atoms with E-state index in [1.807, 2.05) is 0 Å². The van der Waals surface area contributed by atoms with Crippen LogP contribution in [0.2, 0.25) is 0 Å². The molecule has 4 fully saturated rings. The number of ketones is 2. The average Bonchev–Trinajstić information content (AvgIpc) is 2.86. The zero-order valence-corrected chi connectivity index (χ0v) is 12.2. The number of allylic oxidation sites excluding steroid dienone is 2. The summed E-state index contributed by atoms with van der Waals surface area (Å²) in [4.78, 5) is 25.1. The number of hydrogen-bond donors (Lipinski definition) is 0. The van der Waals surface area contributed by atoms with Crippen molar-refractivity contribution in [3.8, 4) is 0 Å². The fraction of sp³-hybridized carbons (Fsp3) is 0.667. The second kappa shape index (κ2) is 4.64. The molecule has 112 valence electrons. The zero-order valence-electron chi connectivity index (χ0n) is 12.2. The van der Waals surface area contributed by atoms with Gasteiger partial charge in [0.15, 0.2) is 0 Å². The van der Waals surface area contributed by atoms with Gasteiger partial charge in [0.1, 0.15) is 11.6 Å². The number of carbonyl (C=O) groups is 2. The number of ether oxygens (including phenoxy) is 1. The zero-order chi connectivity index (χ0) is 14.7. The van der Waals surface area contributed by atoms with Crippen molar-refractivity contribution in [2.75, 3.05) is 0 Å². The highest BCUT2D eigenvalue weighted by atomic mass is 16.6. The van der Waals surface area contributed by atoms with E-state index in [1.54, 1.807) is 12.2 Å². The van der Waals surface area contributed by atoms with Crippen molar-refractivity contribution in [1.82, 2.24) is 0 Å². The van der Waals surface area contributed by atoms with Gasteiger partial charge in [-0.15, -0.1) is 13.2 Å². The summed E-state index contributed by atoms with van der Waals surface area (Å²) in [6, 6.07) is 0. The van der Waals surface area contributed by atoms with Crippen LogP contribution in [-0.4, -0.2) is 23.8 Å². The van der Waals surface area contributed by atoms with Crippen molar-refractivity contribution in [3.05, 3.63) is 25.3 Å². The van der Waals surface area contributed by atoms with Gasteiger partial charge in [-0.2, -0.15) is 0 Å². The maximum absolute atomic E-state index is 12.6. The lowest BCUT2D eigenvalue weighted by atomic mass is 9.65. The van der Waals surface area contributed by atoms with E-state index in [9.17, 15) is 9.59 Å². The summed E-state index contributed by atoms with van der Waals surface area (Å²) in [6.07, 6.45) is 7.10. The van der Waals surface area contributed by atoms with Gasteiger partial charge in [-0.05, 0) is 36.5 Å². The van der Waals surface area contributed by atoms with E-state index in [0.29, 0.717) is 48.7 Å². The maximum atomic E-state index is 12.6. The van der Waals surface area contributed by atoms with Crippen LogP contribution in [0.5, 0.6) is 0 Å². The Morgan fingerprint density at radius 1 is 0.952 bits per heavy atom. The van der Waals surface area contributed by atoms with Crippen LogP contribution in [-0.2, 0) is 14.3 Å². The molecule has 0 spiro atoms. The third kappa shape index (κ3) is 1.76. The minimum atomic E-state index is -0.0929. The van der Waals surface area contributed by atoms with Crippen LogP contribution in [0.4, 0.5) is 0 Å². The van der Waals surface area contributed by atoms with Gasteiger partial charge in [-0.3, -0.25) is 9.59 Å². The summed E-state index contributed by atoms with van der Waals surface area (Å²) in [7, 11) is 0. The molecule has 0 radical (unpaired) electrons. The van der Waals surface area contributed by atoms with E-state index in [1.165, 1.54) is 0 Å². The summed E-state index contributed by atoms with van der Waals surface area (Å²) in [5.74, 6) is 2.19. The molecule has 21 heavy (non-hydrogen) atoms. The van der Waals surface area contributed by atoms with Crippen LogP contribution < -0.4 is 0 Å². The average molecular weight is 286 g/mol. The van der Waals surface area contributed by atoms with Crippen LogP contribution >= 0.6 is 0 Å². The molecule has 1 saturated heterocycles. The number of Topliss-reactive ketones (excluding diaryl/α,β-unsaturated/α-hetero) is 2. The third-order valence-electron chi connectivity index (χ3n) is 6.33. The van der Waals surface area contributed by atoms with Crippen molar-refractivity contribution in [2.45, 2.75) is 37.9 Å². The molecule has 1 aliphatic heterocycles. The first-order valence-corrected chi connectivity index (χ1v) is 8.10. The lowest BCUT2D eigenvalue weighted by Crippen LogP contribution is -2.42. The van der Waals surface area contributed by atoms with Gasteiger partial charge in [-0.25, -0.2) is 0 Å². The fourth-order valence-electron chi connectivity index (χ4n) is 5.79.